The van der Waals surface area contributed by atoms with E-state index < -0.39 is 0 Å². The Kier molecular flexibility index (Phi) is 3.91. The number of likely N-dealkylation sites (tertiary alicyclic amines) is 1. The fraction of sp³-hybridized carbons (Fsp3) is 0.714. The first kappa shape index (κ1) is 15.5. The first-order valence-electron chi connectivity index (χ1n) is 9.66. The molecule has 2 heteroatoms. The fourth-order valence-corrected chi connectivity index (χ4v) is 5.35. The Hall–Kier alpha value is -1.02. The molecule has 1 saturated heterocycles. The Morgan fingerprint density at radius 3 is 2.70 bits per heavy atom. The molecule has 0 unspecified atom stereocenters. The van der Waals surface area contributed by atoms with E-state index in [1.807, 2.05) is 0 Å². The van der Waals surface area contributed by atoms with E-state index in [9.17, 15) is 0 Å². The van der Waals surface area contributed by atoms with Crippen LogP contribution in [0.1, 0.15) is 57.1 Å². The van der Waals surface area contributed by atoms with Crippen molar-refractivity contribution in [3.05, 3.63) is 29.3 Å². The van der Waals surface area contributed by atoms with E-state index in [1.54, 1.807) is 5.56 Å². The van der Waals surface area contributed by atoms with Gasteiger partial charge in [0.2, 0.25) is 0 Å². The minimum Gasteiger partial charge on any atom is -0.384 e. The molecule has 0 radical (unpaired) electrons. The van der Waals surface area contributed by atoms with Crippen LogP contribution in [0.25, 0.3) is 0 Å². The number of aryl methyl sites for hydroxylation is 1. The third kappa shape index (κ3) is 2.69. The molecule has 1 spiro atoms. The van der Waals surface area contributed by atoms with Crippen LogP contribution in [0.2, 0.25) is 0 Å². The smallest absolute Gasteiger partial charge is 0.0379 e. The molecule has 2 aliphatic heterocycles. The SMILES string of the molecule is Cc1ccc2c(c1)C1(CCN([C@H]3C[C@H](C)CC[C@@H]3C)CC1)CN2. The van der Waals surface area contributed by atoms with E-state index >= 15 is 0 Å². The predicted octanol–water partition coefficient (Wildman–Crippen LogP) is 4.58. The van der Waals surface area contributed by atoms with Crippen molar-refractivity contribution < 1.29 is 0 Å². The highest BCUT2D eigenvalue weighted by Crippen LogP contribution is 2.45. The van der Waals surface area contributed by atoms with Gasteiger partial charge in [0.1, 0.15) is 0 Å². The lowest BCUT2D eigenvalue weighted by Gasteiger charge is -2.47. The Labute approximate surface area is 141 Å². The average molecular weight is 313 g/mol. The number of hydrogen-bond donors (Lipinski definition) is 1. The Bertz CT molecular complexity index is 571. The lowest BCUT2D eigenvalue weighted by atomic mass is 9.72. The number of hydrogen-bond acceptors (Lipinski definition) is 2. The van der Waals surface area contributed by atoms with E-state index in [4.69, 9.17) is 0 Å². The third-order valence-corrected chi connectivity index (χ3v) is 7.00. The van der Waals surface area contributed by atoms with Crippen LogP contribution >= 0.6 is 0 Å². The van der Waals surface area contributed by atoms with Gasteiger partial charge < -0.3 is 10.2 Å². The van der Waals surface area contributed by atoms with Gasteiger partial charge >= 0.3 is 0 Å². The van der Waals surface area contributed by atoms with Crippen molar-refractivity contribution >= 4 is 5.69 Å². The molecule has 3 atom stereocenters. The maximum absolute atomic E-state index is 3.68. The summed E-state index contributed by atoms with van der Waals surface area (Å²) < 4.78 is 0. The zero-order valence-corrected chi connectivity index (χ0v) is 15.1. The van der Waals surface area contributed by atoms with Crippen LogP contribution in [0.5, 0.6) is 0 Å². The molecule has 2 heterocycles. The topological polar surface area (TPSA) is 15.3 Å². The van der Waals surface area contributed by atoms with Crippen molar-refractivity contribution in [3.63, 3.8) is 0 Å². The van der Waals surface area contributed by atoms with E-state index in [0.29, 0.717) is 5.41 Å². The molecule has 1 saturated carbocycles. The highest BCUT2D eigenvalue weighted by molar-refractivity contribution is 5.61. The van der Waals surface area contributed by atoms with Gasteiger partial charge in [-0.3, -0.25) is 0 Å². The number of benzene rings is 1. The first-order valence-corrected chi connectivity index (χ1v) is 9.66. The summed E-state index contributed by atoms with van der Waals surface area (Å²) in [5.41, 5.74) is 4.80. The molecule has 1 aromatic rings. The molecule has 2 fully saturated rings. The van der Waals surface area contributed by atoms with Gasteiger partial charge in [-0.25, -0.2) is 0 Å². The summed E-state index contributed by atoms with van der Waals surface area (Å²) in [5.74, 6) is 1.81. The van der Waals surface area contributed by atoms with Crippen molar-refractivity contribution in [3.8, 4) is 0 Å². The van der Waals surface area contributed by atoms with Crippen LogP contribution in [0.3, 0.4) is 0 Å². The van der Waals surface area contributed by atoms with Gasteiger partial charge in [0, 0.05) is 23.7 Å². The summed E-state index contributed by atoms with van der Waals surface area (Å²) in [6.45, 7) is 10.9. The van der Waals surface area contributed by atoms with Gasteiger partial charge in [-0.2, -0.15) is 0 Å². The van der Waals surface area contributed by atoms with Crippen LogP contribution in [-0.2, 0) is 5.41 Å². The summed E-state index contributed by atoms with van der Waals surface area (Å²) in [4.78, 5) is 2.83. The van der Waals surface area contributed by atoms with Crippen LogP contribution in [0.4, 0.5) is 5.69 Å². The largest absolute Gasteiger partial charge is 0.384 e. The second-order valence-corrected chi connectivity index (χ2v) is 8.68. The normalized spacial score (nSPS) is 33.4. The molecule has 1 aliphatic carbocycles. The number of fused-ring (bicyclic) bond motifs is 2. The van der Waals surface area contributed by atoms with Crippen molar-refractivity contribution in [2.24, 2.45) is 11.8 Å². The minimum absolute atomic E-state index is 0.404. The molecule has 0 amide bonds. The van der Waals surface area contributed by atoms with Gasteiger partial charge in [-0.05, 0) is 69.2 Å². The number of rotatable bonds is 1. The average Bonchev–Trinajstić information content (AvgIpc) is 2.89. The molecule has 4 rings (SSSR count). The van der Waals surface area contributed by atoms with E-state index in [0.717, 1.165) is 24.4 Å². The quantitative estimate of drug-likeness (QED) is 0.816. The lowest BCUT2D eigenvalue weighted by Crippen LogP contribution is -2.51. The highest BCUT2D eigenvalue weighted by Gasteiger charge is 2.43. The van der Waals surface area contributed by atoms with Crippen molar-refractivity contribution in [1.82, 2.24) is 4.90 Å². The lowest BCUT2D eigenvalue weighted by molar-refractivity contribution is 0.0539. The summed E-state index contributed by atoms with van der Waals surface area (Å²) in [7, 11) is 0. The molecule has 0 bridgehead atoms. The van der Waals surface area contributed by atoms with Gasteiger partial charge in [0.25, 0.3) is 0 Å². The number of anilines is 1. The van der Waals surface area contributed by atoms with Crippen LogP contribution in [-0.4, -0.2) is 30.6 Å². The second-order valence-electron chi connectivity index (χ2n) is 8.68. The van der Waals surface area contributed by atoms with Crippen LogP contribution in [0.15, 0.2) is 18.2 Å². The monoisotopic (exact) mass is 312 g/mol. The Morgan fingerprint density at radius 2 is 1.91 bits per heavy atom. The maximum atomic E-state index is 3.68. The molecule has 126 valence electrons. The molecular formula is C21H32N2. The molecule has 0 aromatic heterocycles. The molecule has 1 aromatic carbocycles. The van der Waals surface area contributed by atoms with Gasteiger partial charge in [0.15, 0.2) is 0 Å². The maximum Gasteiger partial charge on any atom is 0.0379 e. The molecule has 2 nitrogen and oxygen atoms in total. The summed E-state index contributed by atoms with van der Waals surface area (Å²) in [6.07, 6.45) is 6.94. The number of nitrogens with one attached hydrogen (secondary N) is 1. The van der Waals surface area contributed by atoms with Crippen LogP contribution in [0, 0.1) is 18.8 Å². The van der Waals surface area contributed by atoms with Gasteiger partial charge in [-0.1, -0.05) is 38.0 Å². The molecule has 1 N–H and O–H groups in total. The molecular weight excluding hydrogens is 280 g/mol. The Morgan fingerprint density at radius 1 is 1.13 bits per heavy atom. The summed E-state index contributed by atoms with van der Waals surface area (Å²) >= 11 is 0. The van der Waals surface area contributed by atoms with Crippen LogP contribution < -0.4 is 5.32 Å². The molecule has 3 aliphatic rings. The van der Waals surface area contributed by atoms with Crippen molar-refractivity contribution in [1.29, 1.82) is 0 Å². The van der Waals surface area contributed by atoms with E-state index in [2.05, 4.69) is 49.2 Å². The second kappa shape index (κ2) is 5.81. The predicted molar refractivity (Wildman–Crippen MR) is 98.1 cm³/mol. The van der Waals surface area contributed by atoms with E-state index in [-0.39, 0.29) is 0 Å². The number of nitrogens with zero attached hydrogens (tertiary/aromatic N) is 1. The minimum atomic E-state index is 0.404. The van der Waals surface area contributed by atoms with Gasteiger partial charge in [0.05, 0.1) is 0 Å². The zero-order chi connectivity index (χ0) is 16.0. The summed E-state index contributed by atoms with van der Waals surface area (Å²) in [5, 5.41) is 3.68. The Balaban J connectivity index is 1.49. The van der Waals surface area contributed by atoms with Crippen molar-refractivity contribution in [2.45, 2.75) is 64.3 Å². The van der Waals surface area contributed by atoms with Gasteiger partial charge in [-0.15, -0.1) is 0 Å². The standard InChI is InChI=1S/C21H32N2/c1-15-5-7-19-18(12-15)21(14-22-19)8-10-23(11-9-21)20-13-16(2)4-6-17(20)3/h5,7,12,16-17,20,22H,4,6,8-11,13-14H2,1-3H3/t16-,17+,20+/m1/s1. The van der Waals surface area contributed by atoms with Crippen molar-refractivity contribution in [2.75, 3.05) is 25.0 Å². The third-order valence-electron chi connectivity index (χ3n) is 7.00. The molecule has 23 heavy (non-hydrogen) atoms. The summed E-state index contributed by atoms with van der Waals surface area (Å²) in [6, 6.07) is 7.81. The fourth-order valence-electron chi connectivity index (χ4n) is 5.35. The first-order chi connectivity index (χ1) is 11.1. The number of piperidine rings is 1. The highest BCUT2D eigenvalue weighted by atomic mass is 15.2. The van der Waals surface area contributed by atoms with E-state index in [1.165, 1.54) is 56.4 Å². The zero-order valence-electron chi connectivity index (χ0n) is 15.1.